The predicted octanol–water partition coefficient (Wildman–Crippen LogP) is 2.27. The van der Waals surface area contributed by atoms with E-state index in [0.29, 0.717) is 5.92 Å². The smallest absolute Gasteiger partial charge is 0.234 e. The zero-order valence-corrected chi connectivity index (χ0v) is 11.8. The van der Waals surface area contributed by atoms with Gasteiger partial charge in [-0.15, -0.1) is 10.2 Å². The number of nitrogens with two attached hydrogens (primary N) is 1. The second-order valence-corrected chi connectivity index (χ2v) is 7.16. The zero-order chi connectivity index (χ0) is 12.9. The molecule has 2 saturated carbocycles. The van der Waals surface area contributed by atoms with Gasteiger partial charge in [0.25, 0.3) is 0 Å². The quantitative estimate of drug-likeness (QED) is 0.934. The fourth-order valence-electron chi connectivity index (χ4n) is 3.07. The van der Waals surface area contributed by atoms with Crippen LogP contribution in [0.3, 0.4) is 0 Å². The first-order valence-electron chi connectivity index (χ1n) is 7.23. The number of fused-ring (bicyclic) bond motifs is 1. The molecule has 0 spiro atoms. The van der Waals surface area contributed by atoms with Crippen LogP contribution in [0.15, 0.2) is 0 Å². The van der Waals surface area contributed by atoms with Gasteiger partial charge in [-0.3, -0.25) is 0 Å². The third-order valence-electron chi connectivity index (χ3n) is 4.35. The van der Waals surface area contributed by atoms with Crippen molar-refractivity contribution in [3.63, 3.8) is 0 Å². The average molecular weight is 277 g/mol. The first kappa shape index (κ1) is 11.8. The molecule has 2 aliphatic carbocycles. The van der Waals surface area contributed by atoms with Crippen molar-refractivity contribution < 1.29 is 0 Å². The standard InChI is InChI=1S/C13H19N5S/c14-13(6-2-1-3-7-13)8-10-17-18-11(9-4-5-9)15-16-12(18)19-10/h9H,1-8,14H2. The molecule has 2 aromatic rings. The molecule has 0 radical (unpaired) electrons. The van der Waals surface area contributed by atoms with Crippen LogP contribution in [0.4, 0.5) is 0 Å². The average Bonchev–Trinajstić information content (AvgIpc) is 3.03. The van der Waals surface area contributed by atoms with E-state index in [1.54, 1.807) is 11.3 Å². The molecule has 0 unspecified atom stereocenters. The van der Waals surface area contributed by atoms with E-state index < -0.39 is 0 Å². The lowest BCUT2D eigenvalue weighted by Crippen LogP contribution is -2.43. The van der Waals surface area contributed by atoms with Crippen LogP contribution in [0, 0.1) is 0 Å². The minimum absolute atomic E-state index is 0.0404. The summed E-state index contributed by atoms with van der Waals surface area (Å²) in [5, 5.41) is 14.3. The highest BCUT2D eigenvalue weighted by Gasteiger charge is 2.32. The van der Waals surface area contributed by atoms with Crippen molar-refractivity contribution in [2.75, 3.05) is 0 Å². The topological polar surface area (TPSA) is 69.1 Å². The van der Waals surface area contributed by atoms with Crippen LogP contribution in [0.1, 0.15) is 61.7 Å². The highest BCUT2D eigenvalue weighted by molar-refractivity contribution is 7.16. The number of rotatable bonds is 3. The Morgan fingerprint density at radius 3 is 2.74 bits per heavy atom. The molecule has 19 heavy (non-hydrogen) atoms. The molecule has 2 aromatic heterocycles. The van der Waals surface area contributed by atoms with Crippen LogP contribution >= 0.6 is 11.3 Å². The Balaban J connectivity index is 1.60. The van der Waals surface area contributed by atoms with E-state index in [4.69, 9.17) is 10.8 Å². The van der Waals surface area contributed by atoms with Crippen molar-refractivity contribution in [3.05, 3.63) is 10.8 Å². The van der Waals surface area contributed by atoms with Crippen LogP contribution in [-0.2, 0) is 6.42 Å². The third kappa shape index (κ3) is 2.17. The molecule has 6 heteroatoms. The highest BCUT2D eigenvalue weighted by Crippen LogP contribution is 2.39. The van der Waals surface area contributed by atoms with E-state index in [-0.39, 0.29) is 5.54 Å². The Labute approximate surface area is 116 Å². The summed E-state index contributed by atoms with van der Waals surface area (Å²) in [4.78, 5) is 0.927. The van der Waals surface area contributed by atoms with Crippen molar-refractivity contribution >= 4 is 16.3 Å². The predicted molar refractivity (Wildman–Crippen MR) is 74.3 cm³/mol. The molecule has 0 amide bonds. The van der Waals surface area contributed by atoms with Crippen LogP contribution in [0.5, 0.6) is 0 Å². The van der Waals surface area contributed by atoms with E-state index in [1.165, 1.54) is 32.1 Å². The van der Waals surface area contributed by atoms with Crippen LogP contribution < -0.4 is 5.73 Å². The Hall–Kier alpha value is -1.01. The van der Waals surface area contributed by atoms with Gasteiger partial charge in [-0.05, 0) is 25.7 Å². The number of nitrogens with zero attached hydrogens (tertiary/aromatic N) is 4. The van der Waals surface area contributed by atoms with Crippen molar-refractivity contribution in [1.29, 1.82) is 0 Å². The summed E-state index contributed by atoms with van der Waals surface area (Å²) in [6.45, 7) is 0. The first-order chi connectivity index (χ1) is 9.23. The van der Waals surface area contributed by atoms with E-state index >= 15 is 0 Å². The molecule has 4 rings (SSSR count). The van der Waals surface area contributed by atoms with Crippen molar-refractivity contribution in [1.82, 2.24) is 19.8 Å². The molecule has 0 atom stereocenters. The second-order valence-electron chi connectivity index (χ2n) is 6.12. The maximum Gasteiger partial charge on any atom is 0.234 e. The molecule has 2 fully saturated rings. The summed E-state index contributed by atoms with van der Waals surface area (Å²) in [7, 11) is 0. The molecular formula is C13H19N5S. The van der Waals surface area contributed by atoms with Gasteiger partial charge in [-0.1, -0.05) is 30.6 Å². The summed E-state index contributed by atoms with van der Waals surface area (Å²) in [6.07, 6.45) is 9.46. The number of hydrogen-bond donors (Lipinski definition) is 1. The van der Waals surface area contributed by atoms with E-state index in [0.717, 1.165) is 35.1 Å². The number of aromatic nitrogens is 4. The summed E-state index contributed by atoms with van der Waals surface area (Å²) >= 11 is 1.65. The molecule has 0 saturated heterocycles. The monoisotopic (exact) mass is 277 g/mol. The molecule has 102 valence electrons. The maximum atomic E-state index is 6.51. The van der Waals surface area contributed by atoms with Crippen molar-refractivity contribution in [2.24, 2.45) is 5.73 Å². The maximum absolute atomic E-state index is 6.51. The SMILES string of the molecule is NC1(Cc2nn3c(C4CC4)nnc3s2)CCCCC1. The summed E-state index contributed by atoms with van der Waals surface area (Å²) < 4.78 is 1.95. The first-order valence-corrected chi connectivity index (χ1v) is 8.05. The Kier molecular flexibility index (Phi) is 2.63. The lowest BCUT2D eigenvalue weighted by molar-refractivity contribution is 0.293. The molecular weight excluding hydrogens is 258 g/mol. The highest BCUT2D eigenvalue weighted by atomic mass is 32.1. The van der Waals surface area contributed by atoms with Crippen LogP contribution in [0.25, 0.3) is 4.96 Å². The third-order valence-corrected chi connectivity index (χ3v) is 5.25. The summed E-state index contributed by atoms with van der Waals surface area (Å²) in [6, 6.07) is 0. The zero-order valence-electron chi connectivity index (χ0n) is 11.0. The van der Waals surface area contributed by atoms with Crippen molar-refractivity contribution in [3.8, 4) is 0 Å². The summed E-state index contributed by atoms with van der Waals surface area (Å²) in [5.74, 6) is 1.64. The van der Waals surface area contributed by atoms with Crippen LogP contribution in [-0.4, -0.2) is 25.4 Å². The van der Waals surface area contributed by atoms with E-state index in [1.807, 2.05) is 4.52 Å². The fraction of sp³-hybridized carbons (Fsp3) is 0.769. The Morgan fingerprint density at radius 1 is 1.21 bits per heavy atom. The van der Waals surface area contributed by atoms with Crippen molar-refractivity contribution in [2.45, 2.75) is 62.8 Å². The second kappa shape index (κ2) is 4.24. The molecule has 2 N–H and O–H groups in total. The Bertz CT molecular complexity index is 591. The molecule has 2 heterocycles. The summed E-state index contributed by atoms with van der Waals surface area (Å²) in [5.41, 5.74) is 6.47. The van der Waals surface area contributed by atoms with Gasteiger partial charge in [-0.25, -0.2) is 0 Å². The van der Waals surface area contributed by atoms with Gasteiger partial charge < -0.3 is 5.73 Å². The molecule has 2 aliphatic rings. The molecule has 0 bridgehead atoms. The lowest BCUT2D eigenvalue weighted by Gasteiger charge is -2.32. The van der Waals surface area contributed by atoms with Gasteiger partial charge >= 0.3 is 0 Å². The number of hydrogen-bond acceptors (Lipinski definition) is 5. The minimum atomic E-state index is -0.0404. The van der Waals surface area contributed by atoms with Gasteiger partial charge in [0.1, 0.15) is 5.01 Å². The van der Waals surface area contributed by atoms with Gasteiger partial charge in [-0.2, -0.15) is 9.61 Å². The van der Waals surface area contributed by atoms with E-state index in [2.05, 4.69) is 10.2 Å². The van der Waals surface area contributed by atoms with Gasteiger partial charge in [0.05, 0.1) is 0 Å². The van der Waals surface area contributed by atoms with Crippen LogP contribution in [0.2, 0.25) is 0 Å². The van der Waals surface area contributed by atoms with Gasteiger partial charge in [0.2, 0.25) is 4.96 Å². The van der Waals surface area contributed by atoms with E-state index in [9.17, 15) is 0 Å². The van der Waals surface area contributed by atoms with Gasteiger partial charge in [0.15, 0.2) is 5.82 Å². The Morgan fingerprint density at radius 2 is 2.00 bits per heavy atom. The molecule has 0 aromatic carbocycles. The normalized spacial score (nSPS) is 23.0. The fourth-order valence-corrected chi connectivity index (χ4v) is 4.07. The molecule has 0 aliphatic heterocycles. The van der Waals surface area contributed by atoms with Gasteiger partial charge in [0, 0.05) is 17.9 Å². The largest absolute Gasteiger partial charge is 0.325 e. The minimum Gasteiger partial charge on any atom is -0.325 e. The lowest BCUT2D eigenvalue weighted by atomic mass is 9.80. The molecule has 5 nitrogen and oxygen atoms in total.